The van der Waals surface area contributed by atoms with Crippen LogP contribution in [0.15, 0.2) is 60.7 Å². The average molecular weight is 678 g/mol. The van der Waals surface area contributed by atoms with Gasteiger partial charge in [-0.3, -0.25) is 19.2 Å². The van der Waals surface area contributed by atoms with Crippen molar-refractivity contribution in [2.24, 2.45) is 5.73 Å². The minimum absolute atomic E-state index is 0.0142. The second kappa shape index (κ2) is 20.1. The number of carbonyl (C=O) groups is 6. The molecular formula is C28H31Cl3N2O11. The van der Waals surface area contributed by atoms with Crippen LogP contribution in [-0.4, -0.2) is 57.1 Å². The molecule has 1 heterocycles. The maximum absolute atomic E-state index is 11.5. The molecule has 16 heteroatoms. The van der Waals surface area contributed by atoms with Gasteiger partial charge in [-0.2, -0.15) is 0 Å². The Balaban J connectivity index is 0.000000357. The fourth-order valence-corrected chi connectivity index (χ4v) is 3.35. The molecule has 2 aromatic carbocycles. The van der Waals surface area contributed by atoms with Crippen LogP contribution in [0.5, 0.6) is 0 Å². The lowest BCUT2D eigenvalue weighted by molar-refractivity contribution is -0.146. The van der Waals surface area contributed by atoms with Crippen molar-refractivity contribution in [1.29, 1.82) is 0 Å². The molecule has 240 valence electrons. The molecule has 2 unspecified atom stereocenters. The summed E-state index contributed by atoms with van der Waals surface area (Å²) in [5.41, 5.74) is 7.05. The third-order valence-electron chi connectivity index (χ3n) is 5.13. The van der Waals surface area contributed by atoms with Crippen molar-refractivity contribution in [1.82, 2.24) is 5.32 Å². The number of carbonyl (C=O) groups excluding carboxylic acids is 5. The summed E-state index contributed by atoms with van der Waals surface area (Å²) in [5, 5.41) is 10.8. The first-order valence-corrected chi connectivity index (χ1v) is 14.0. The maximum atomic E-state index is 11.5. The topological polar surface area (TPSA) is 198 Å². The fourth-order valence-electron chi connectivity index (χ4n) is 3.03. The zero-order valence-electron chi connectivity index (χ0n) is 23.4. The normalized spacial score (nSPS) is 14.2. The molecule has 0 bridgehead atoms. The first-order valence-electron chi connectivity index (χ1n) is 12.8. The molecule has 13 nitrogen and oxygen atoms in total. The van der Waals surface area contributed by atoms with Crippen LogP contribution < -0.4 is 11.1 Å². The molecule has 2 aromatic rings. The second-order valence-electron chi connectivity index (χ2n) is 8.76. The summed E-state index contributed by atoms with van der Waals surface area (Å²) in [6.45, 7) is 1.55. The molecule has 0 aliphatic carbocycles. The van der Waals surface area contributed by atoms with Gasteiger partial charge >= 0.3 is 39.9 Å². The van der Waals surface area contributed by atoms with Gasteiger partial charge in [0.25, 0.3) is 0 Å². The highest BCUT2D eigenvalue weighted by Gasteiger charge is 2.32. The molecule has 0 saturated carbocycles. The number of aliphatic carboxylic acids is 1. The van der Waals surface area contributed by atoms with E-state index < -0.39 is 52.0 Å². The van der Waals surface area contributed by atoms with Crippen molar-refractivity contribution >= 4 is 70.7 Å². The van der Waals surface area contributed by atoms with E-state index >= 15 is 0 Å². The van der Waals surface area contributed by atoms with Crippen LogP contribution in [0.1, 0.15) is 43.7 Å². The number of ether oxygens (including phenoxy) is 4. The Hall–Kier alpha value is -3.91. The number of esters is 4. The highest BCUT2D eigenvalue weighted by molar-refractivity contribution is 6.66. The molecule has 0 aromatic heterocycles. The molecule has 0 spiro atoms. The van der Waals surface area contributed by atoms with E-state index in [2.05, 4.69) is 14.8 Å². The van der Waals surface area contributed by atoms with Crippen LogP contribution in [0, 0.1) is 0 Å². The summed E-state index contributed by atoms with van der Waals surface area (Å²) in [7, 11) is 0. The Morgan fingerprint density at radius 3 is 1.75 bits per heavy atom. The summed E-state index contributed by atoms with van der Waals surface area (Å²) in [6.07, 6.45) is -0.443. The van der Waals surface area contributed by atoms with E-state index in [4.69, 9.17) is 55.1 Å². The van der Waals surface area contributed by atoms with Gasteiger partial charge in [-0.25, -0.2) is 9.59 Å². The number of amides is 1. The fraction of sp³-hybridized carbons (Fsp3) is 0.357. The van der Waals surface area contributed by atoms with E-state index in [1.165, 1.54) is 0 Å². The number of cyclic esters (lactones) is 2. The molecule has 44 heavy (non-hydrogen) atoms. The van der Waals surface area contributed by atoms with Gasteiger partial charge in [0.1, 0.15) is 25.3 Å². The largest absolute Gasteiger partial charge is 0.480 e. The number of halogens is 3. The van der Waals surface area contributed by atoms with Gasteiger partial charge in [-0.15, -0.1) is 0 Å². The van der Waals surface area contributed by atoms with Gasteiger partial charge in [0.15, 0.2) is 0 Å². The molecule has 1 aliphatic heterocycles. The standard InChI is InChI=1S/C13H13NO5.C12H15NO4.C3H3Cl3O2/c15-11(18-8-9-4-2-1-3-5-9)7-6-10-12(16)19-13(17)14-10;13-10(12(15)16)6-7-11(14)17-8-9-4-2-1-3-5-9;1-2(7)8-3(4,5)6/h1-5,10H,6-8H2,(H,14,17);1-5,10H,6-8,13H2,(H,15,16);1H3. The van der Waals surface area contributed by atoms with Crippen LogP contribution in [0.2, 0.25) is 0 Å². The minimum atomic E-state index is -1.91. The number of carboxylic acid groups (broad SMARTS) is 1. The SMILES string of the molecule is CC(=O)OC(Cl)(Cl)Cl.NC(CCC(=O)OCc1ccccc1)C(=O)O.O=C(CCC1NC(=O)OC1=O)OCc1ccccc1. The van der Waals surface area contributed by atoms with E-state index in [1.807, 2.05) is 60.7 Å². The van der Waals surface area contributed by atoms with Crippen molar-refractivity contribution < 1.29 is 52.8 Å². The summed E-state index contributed by atoms with van der Waals surface area (Å²) in [4.78, 5) is 65.0. The Morgan fingerprint density at radius 1 is 0.909 bits per heavy atom. The highest BCUT2D eigenvalue weighted by Crippen LogP contribution is 2.27. The van der Waals surface area contributed by atoms with Gasteiger partial charge in [0.2, 0.25) is 0 Å². The Morgan fingerprint density at radius 2 is 1.39 bits per heavy atom. The minimum Gasteiger partial charge on any atom is -0.480 e. The van der Waals surface area contributed by atoms with Crippen molar-refractivity contribution in [2.45, 2.75) is 61.9 Å². The zero-order valence-corrected chi connectivity index (χ0v) is 25.7. The number of hydrogen-bond acceptors (Lipinski definition) is 11. The van der Waals surface area contributed by atoms with Crippen LogP contribution in [-0.2, 0) is 56.1 Å². The third-order valence-corrected chi connectivity index (χ3v) is 5.36. The van der Waals surface area contributed by atoms with Crippen LogP contribution in [0.4, 0.5) is 4.79 Å². The first-order chi connectivity index (χ1) is 20.7. The van der Waals surface area contributed by atoms with Crippen molar-refractivity contribution in [3.05, 3.63) is 71.8 Å². The molecule has 1 saturated heterocycles. The van der Waals surface area contributed by atoms with Gasteiger partial charge in [0, 0.05) is 19.8 Å². The molecule has 3 rings (SSSR count). The summed E-state index contributed by atoms with van der Waals surface area (Å²) < 4.78 is 16.5. The number of nitrogens with one attached hydrogen (secondary N) is 1. The lowest BCUT2D eigenvalue weighted by Crippen LogP contribution is -2.30. The predicted molar refractivity (Wildman–Crippen MR) is 157 cm³/mol. The van der Waals surface area contributed by atoms with Crippen molar-refractivity contribution in [3.63, 3.8) is 0 Å². The van der Waals surface area contributed by atoms with E-state index in [9.17, 15) is 28.8 Å². The van der Waals surface area contributed by atoms with Crippen molar-refractivity contribution in [3.8, 4) is 0 Å². The number of carboxylic acids is 1. The summed E-state index contributed by atoms with van der Waals surface area (Å²) >= 11 is 15.0. The maximum Gasteiger partial charge on any atom is 0.415 e. The second-order valence-corrected chi connectivity index (χ2v) is 10.9. The van der Waals surface area contributed by atoms with Crippen LogP contribution in [0.3, 0.4) is 0 Å². The molecule has 1 fully saturated rings. The summed E-state index contributed by atoms with van der Waals surface area (Å²) in [5.74, 6) is -3.24. The van der Waals surface area contributed by atoms with E-state index in [-0.39, 0.29) is 38.9 Å². The van der Waals surface area contributed by atoms with Gasteiger partial charge < -0.3 is 35.1 Å². The van der Waals surface area contributed by atoms with E-state index in [0.717, 1.165) is 18.1 Å². The van der Waals surface area contributed by atoms with Crippen LogP contribution >= 0.6 is 34.8 Å². The molecular weight excluding hydrogens is 647 g/mol. The first kappa shape index (κ1) is 38.1. The van der Waals surface area contributed by atoms with Gasteiger partial charge in [-0.1, -0.05) is 60.7 Å². The predicted octanol–water partition coefficient (Wildman–Crippen LogP) is 3.94. The molecule has 4 N–H and O–H groups in total. The molecule has 1 amide bonds. The number of alkyl carbamates (subject to hydrolysis) is 1. The number of nitrogens with two attached hydrogens (primary N) is 1. The van der Waals surface area contributed by atoms with Crippen molar-refractivity contribution in [2.75, 3.05) is 0 Å². The lowest BCUT2D eigenvalue weighted by Gasteiger charge is -2.08. The van der Waals surface area contributed by atoms with E-state index in [0.29, 0.717) is 0 Å². The van der Waals surface area contributed by atoms with Gasteiger partial charge in [-0.05, 0) is 58.8 Å². The Kier molecular flexibility index (Phi) is 17.4. The quantitative estimate of drug-likeness (QED) is 0.134. The smallest absolute Gasteiger partial charge is 0.415 e. The van der Waals surface area contributed by atoms with Crippen LogP contribution in [0.25, 0.3) is 0 Å². The van der Waals surface area contributed by atoms with E-state index in [1.54, 1.807) is 0 Å². The monoisotopic (exact) mass is 676 g/mol. The number of alkyl halides is 3. The molecule has 2 atom stereocenters. The number of hydrogen-bond donors (Lipinski definition) is 3. The van der Waals surface area contributed by atoms with Gasteiger partial charge in [0.05, 0.1) is 0 Å². The number of benzene rings is 2. The summed E-state index contributed by atoms with van der Waals surface area (Å²) in [6, 6.07) is 16.8. The Bertz CT molecular complexity index is 1240. The molecule has 1 aliphatic rings. The average Bonchev–Trinajstić information content (AvgIpc) is 3.29. The lowest BCUT2D eigenvalue weighted by atomic mass is 10.1. The highest BCUT2D eigenvalue weighted by atomic mass is 35.6. The third kappa shape index (κ3) is 18.6. The Labute approximate surface area is 267 Å². The zero-order chi connectivity index (χ0) is 33.1. The number of rotatable bonds is 11. The molecule has 0 radical (unpaired) electrons.